The molecule has 0 amide bonds. The van der Waals surface area contributed by atoms with E-state index in [1.54, 1.807) is 12.1 Å². The molecule has 166 valence electrons. The van der Waals surface area contributed by atoms with Crippen molar-refractivity contribution < 1.29 is 19.7 Å². The summed E-state index contributed by atoms with van der Waals surface area (Å²) in [5, 5.41) is 27.4. The van der Waals surface area contributed by atoms with Crippen LogP contribution in [0.4, 0.5) is 0 Å². The van der Waals surface area contributed by atoms with E-state index in [4.69, 9.17) is 21.1 Å². The Bertz CT molecular complexity index is 1110. The van der Waals surface area contributed by atoms with E-state index in [2.05, 4.69) is 5.32 Å². The van der Waals surface area contributed by atoms with Crippen LogP contribution in [0.5, 0.6) is 11.5 Å². The number of hydrogen-bond donors (Lipinski definition) is 3. The zero-order valence-corrected chi connectivity index (χ0v) is 18.5. The average molecular weight is 452 g/mol. The van der Waals surface area contributed by atoms with Gasteiger partial charge in [-0.15, -0.1) is 0 Å². The van der Waals surface area contributed by atoms with Gasteiger partial charge >= 0.3 is 0 Å². The number of benzene rings is 3. The molecule has 0 unspecified atom stereocenters. The molecule has 0 spiro atoms. The monoisotopic (exact) mass is 451 g/mol. The van der Waals surface area contributed by atoms with E-state index in [1.165, 1.54) is 0 Å². The Kier molecular flexibility index (Phi) is 5.38. The van der Waals surface area contributed by atoms with Crippen LogP contribution in [0.25, 0.3) is 0 Å². The SMILES string of the molecule is CNCCOc1cccc2c1[C@@]1(O)[C@@H](O)C[C@H](c3ccccc3)[C@@]1(c1ccc(Cl)cc1)O2. The normalized spacial score (nSPS) is 28.1. The van der Waals surface area contributed by atoms with Crippen LogP contribution in [0.15, 0.2) is 72.8 Å². The highest BCUT2D eigenvalue weighted by molar-refractivity contribution is 6.30. The molecule has 0 bridgehead atoms. The first-order chi connectivity index (χ1) is 15.5. The van der Waals surface area contributed by atoms with Gasteiger partial charge in [0.05, 0.1) is 11.7 Å². The van der Waals surface area contributed by atoms with Crippen molar-refractivity contribution in [3.05, 3.63) is 94.5 Å². The second-order valence-electron chi connectivity index (χ2n) is 8.41. The second kappa shape index (κ2) is 8.09. The van der Waals surface area contributed by atoms with Gasteiger partial charge in [0, 0.05) is 17.5 Å². The minimum Gasteiger partial charge on any atom is -0.492 e. The number of aliphatic hydroxyl groups excluding tert-OH is 1. The first kappa shape index (κ1) is 21.3. The number of likely N-dealkylation sites (N-methyl/N-ethyl adjacent to an activating group) is 1. The zero-order chi connectivity index (χ0) is 22.3. The van der Waals surface area contributed by atoms with E-state index in [0.717, 1.165) is 11.1 Å². The van der Waals surface area contributed by atoms with Crippen molar-refractivity contribution in [3.63, 3.8) is 0 Å². The number of nitrogens with one attached hydrogen (secondary N) is 1. The summed E-state index contributed by atoms with van der Waals surface area (Å²) in [4.78, 5) is 0. The van der Waals surface area contributed by atoms with Crippen LogP contribution in [0.1, 0.15) is 29.0 Å². The van der Waals surface area contributed by atoms with Crippen molar-refractivity contribution in [2.24, 2.45) is 0 Å². The summed E-state index contributed by atoms with van der Waals surface area (Å²) in [5.41, 5.74) is -0.692. The van der Waals surface area contributed by atoms with Crippen LogP contribution in [0, 0.1) is 0 Å². The van der Waals surface area contributed by atoms with E-state index in [9.17, 15) is 10.2 Å². The molecule has 3 aromatic rings. The lowest BCUT2D eigenvalue weighted by molar-refractivity contribution is -0.150. The van der Waals surface area contributed by atoms with Gasteiger partial charge in [0.25, 0.3) is 0 Å². The van der Waals surface area contributed by atoms with Crippen molar-refractivity contribution in [1.82, 2.24) is 5.32 Å². The number of rotatable bonds is 6. The van der Waals surface area contributed by atoms with Gasteiger partial charge in [-0.1, -0.05) is 60.1 Å². The van der Waals surface area contributed by atoms with Gasteiger partial charge in [0.15, 0.2) is 11.2 Å². The van der Waals surface area contributed by atoms with Crippen LogP contribution in [-0.4, -0.2) is 36.5 Å². The lowest BCUT2D eigenvalue weighted by Crippen LogP contribution is -2.52. The molecule has 3 aromatic carbocycles. The van der Waals surface area contributed by atoms with E-state index >= 15 is 0 Å². The summed E-state index contributed by atoms with van der Waals surface area (Å²) >= 11 is 6.18. The standard InChI is InChI=1S/C26H26ClNO4/c1-28-14-15-31-21-8-5-9-22-24(21)25(30)23(29)16-20(17-6-3-2-4-7-17)26(25,32-22)18-10-12-19(27)13-11-18/h2-13,20,23,28-30H,14-16H2,1H3/t20-,23+,25+,26-/m1/s1. The fourth-order valence-corrected chi connectivity index (χ4v) is 5.46. The topological polar surface area (TPSA) is 71.0 Å². The molecule has 5 nitrogen and oxygen atoms in total. The summed E-state index contributed by atoms with van der Waals surface area (Å²) in [5.74, 6) is 0.746. The van der Waals surface area contributed by atoms with Crippen LogP contribution in [0.3, 0.4) is 0 Å². The van der Waals surface area contributed by atoms with Crippen LogP contribution >= 0.6 is 11.6 Å². The Labute approximate surface area is 192 Å². The molecule has 4 atom stereocenters. The highest BCUT2D eigenvalue weighted by atomic mass is 35.5. The molecule has 1 heterocycles. The quantitative estimate of drug-likeness (QED) is 0.495. The fourth-order valence-electron chi connectivity index (χ4n) is 5.34. The molecule has 1 fully saturated rings. The van der Waals surface area contributed by atoms with E-state index in [-0.39, 0.29) is 5.92 Å². The minimum atomic E-state index is -1.70. The molecular weight excluding hydrogens is 426 g/mol. The van der Waals surface area contributed by atoms with Gasteiger partial charge in [0.1, 0.15) is 18.1 Å². The maximum atomic E-state index is 12.4. The van der Waals surface area contributed by atoms with Crippen molar-refractivity contribution >= 4 is 11.6 Å². The smallest absolute Gasteiger partial charge is 0.176 e. The average Bonchev–Trinajstić information content (AvgIpc) is 3.21. The molecule has 1 saturated carbocycles. The molecule has 5 rings (SSSR count). The van der Waals surface area contributed by atoms with E-state index in [0.29, 0.717) is 41.7 Å². The maximum absolute atomic E-state index is 12.4. The summed E-state index contributed by atoms with van der Waals surface area (Å²) in [6, 6.07) is 22.7. The second-order valence-corrected chi connectivity index (χ2v) is 8.84. The number of hydrogen-bond acceptors (Lipinski definition) is 5. The van der Waals surface area contributed by atoms with Crippen LogP contribution in [-0.2, 0) is 11.2 Å². The van der Waals surface area contributed by atoms with Crippen molar-refractivity contribution in [3.8, 4) is 11.5 Å². The van der Waals surface area contributed by atoms with Crippen molar-refractivity contribution in [2.45, 2.75) is 29.6 Å². The molecule has 0 aromatic heterocycles. The van der Waals surface area contributed by atoms with Gasteiger partial charge in [-0.3, -0.25) is 0 Å². The predicted octanol–water partition coefficient (Wildman–Crippen LogP) is 3.96. The Morgan fingerprint density at radius 1 is 1.06 bits per heavy atom. The number of aliphatic hydroxyl groups is 2. The van der Waals surface area contributed by atoms with Gasteiger partial charge < -0.3 is 25.0 Å². The predicted molar refractivity (Wildman–Crippen MR) is 123 cm³/mol. The third kappa shape index (κ3) is 2.96. The highest BCUT2D eigenvalue weighted by Crippen LogP contribution is 2.68. The molecule has 3 N–H and O–H groups in total. The van der Waals surface area contributed by atoms with Crippen molar-refractivity contribution in [1.29, 1.82) is 0 Å². The third-order valence-electron chi connectivity index (χ3n) is 6.72. The summed E-state index contributed by atoms with van der Waals surface area (Å²) in [6.45, 7) is 1.08. The molecule has 6 heteroatoms. The van der Waals surface area contributed by atoms with Crippen LogP contribution in [0.2, 0.25) is 5.02 Å². The molecule has 1 aliphatic heterocycles. The molecule has 1 aliphatic carbocycles. The Morgan fingerprint density at radius 3 is 2.53 bits per heavy atom. The summed E-state index contributed by atoms with van der Waals surface area (Å²) in [6.07, 6.45) is -0.716. The van der Waals surface area contributed by atoms with Gasteiger partial charge in [-0.2, -0.15) is 0 Å². The molecule has 0 radical (unpaired) electrons. The number of fused-ring (bicyclic) bond motifs is 3. The van der Waals surface area contributed by atoms with Crippen LogP contribution < -0.4 is 14.8 Å². The Hall–Kier alpha value is -2.57. The Balaban J connectivity index is 1.73. The summed E-state index contributed by atoms with van der Waals surface area (Å²) in [7, 11) is 1.85. The molecule has 32 heavy (non-hydrogen) atoms. The largest absolute Gasteiger partial charge is 0.492 e. The number of halogens is 1. The lowest BCUT2D eigenvalue weighted by Gasteiger charge is -2.40. The van der Waals surface area contributed by atoms with Gasteiger partial charge in [-0.05, 0) is 48.9 Å². The van der Waals surface area contributed by atoms with Gasteiger partial charge in [0.2, 0.25) is 0 Å². The number of ether oxygens (including phenoxy) is 2. The Morgan fingerprint density at radius 2 is 1.81 bits per heavy atom. The van der Waals surface area contributed by atoms with Gasteiger partial charge in [-0.25, -0.2) is 0 Å². The molecular formula is C26H26ClNO4. The highest BCUT2D eigenvalue weighted by Gasteiger charge is 2.73. The zero-order valence-electron chi connectivity index (χ0n) is 17.8. The fraction of sp³-hybridized carbons (Fsp3) is 0.308. The first-order valence-corrected chi connectivity index (χ1v) is 11.2. The van der Waals surface area contributed by atoms with E-state index < -0.39 is 17.3 Å². The van der Waals surface area contributed by atoms with E-state index in [1.807, 2.05) is 67.7 Å². The lowest BCUT2D eigenvalue weighted by atomic mass is 9.71. The minimum absolute atomic E-state index is 0.289. The van der Waals surface area contributed by atoms with Crippen molar-refractivity contribution in [2.75, 3.05) is 20.2 Å². The first-order valence-electron chi connectivity index (χ1n) is 10.8. The molecule has 2 aliphatic rings. The maximum Gasteiger partial charge on any atom is 0.176 e. The third-order valence-corrected chi connectivity index (χ3v) is 6.97. The molecule has 0 saturated heterocycles. The summed E-state index contributed by atoms with van der Waals surface area (Å²) < 4.78 is 12.7.